The molecule has 3 nitrogen and oxygen atoms in total. The molecule has 1 N–H and O–H groups in total. The van der Waals surface area contributed by atoms with Crippen molar-refractivity contribution >= 4 is 23.0 Å². The number of aliphatic hydroxyl groups is 1. The van der Waals surface area contributed by atoms with Crippen molar-refractivity contribution in [2.75, 3.05) is 7.11 Å². The third-order valence-corrected chi connectivity index (χ3v) is 2.72. The first-order valence-electron chi connectivity index (χ1n) is 4.75. The van der Waals surface area contributed by atoms with Crippen LogP contribution in [0.5, 0.6) is 11.5 Å². The van der Waals surface area contributed by atoms with Crippen molar-refractivity contribution in [2.24, 2.45) is 5.92 Å². The maximum Gasteiger partial charge on any atom is 0.192 e. The van der Waals surface area contributed by atoms with Gasteiger partial charge in [0.1, 0.15) is 0 Å². The summed E-state index contributed by atoms with van der Waals surface area (Å²) >= 11 is 1.80. The maximum absolute atomic E-state index is 9.99. The summed E-state index contributed by atoms with van der Waals surface area (Å²) in [6, 6.07) is 5.50. The van der Waals surface area contributed by atoms with E-state index in [2.05, 4.69) is 0 Å². The molecule has 1 unspecified atom stereocenters. The van der Waals surface area contributed by atoms with Gasteiger partial charge in [-0.15, -0.1) is 0 Å². The summed E-state index contributed by atoms with van der Waals surface area (Å²) in [5.74, 6) is 1.38. The van der Waals surface area contributed by atoms with Crippen LogP contribution in [0.25, 0.3) is 0 Å². The standard InChI is InChI=1S/C11H15IO3/c1-7(2)10(13)8-5-4-6-9(15-12)11(8)14-3/h4-7,10,13H,1-3H3. The molecule has 4 heteroatoms. The Hall–Kier alpha value is -0.490. The Morgan fingerprint density at radius 3 is 2.47 bits per heavy atom. The normalized spacial score (nSPS) is 12.7. The van der Waals surface area contributed by atoms with Crippen LogP contribution in [0.3, 0.4) is 0 Å². The van der Waals surface area contributed by atoms with Crippen molar-refractivity contribution in [1.82, 2.24) is 0 Å². The number of ether oxygens (including phenoxy) is 1. The zero-order chi connectivity index (χ0) is 11.4. The van der Waals surface area contributed by atoms with E-state index >= 15 is 0 Å². The molecule has 0 fully saturated rings. The molecule has 1 atom stereocenters. The summed E-state index contributed by atoms with van der Waals surface area (Å²) in [4.78, 5) is 0. The lowest BCUT2D eigenvalue weighted by Gasteiger charge is -2.18. The van der Waals surface area contributed by atoms with Gasteiger partial charge in [-0.3, -0.25) is 0 Å². The average molecular weight is 322 g/mol. The summed E-state index contributed by atoms with van der Waals surface area (Å²) in [5, 5.41) is 9.99. The Kier molecular flexibility index (Phi) is 4.66. The van der Waals surface area contributed by atoms with Crippen LogP contribution >= 0.6 is 23.0 Å². The van der Waals surface area contributed by atoms with E-state index in [-0.39, 0.29) is 5.92 Å². The number of benzene rings is 1. The number of rotatable bonds is 4. The second-order valence-electron chi connectivity index (χ2n) is 3.64. The Morgan fingerprint density at radius 2 is 2.00 bits per heavy atom. The minimum atomic E-state index is -0.536. The average Bonchev–Trinajstić information content (AvgIpc) is 2.26. The smallest absolute Gasteiger partial charge is 0.192 e. The van der Waals surface area contributed by atoms with Crippen LogP contribution in [0, 0.1) is 5.92 Å². The van der Waals surface area contributed by atoms with Crippen molar-refractivity contribution in [2.45, 2.75) is 20.0 Å². The first-order chi connectivity index (χ1) is 7.11. The molecule has 0 bridgehead atoms. The van der Waals surface area contributed by atoms with Crippen LogP contribution in [0.1, 0.15) is 25.5 Å². The number of para-hydroxylation sites is 1. The van der Waals surface area contributed by atoms with Gasteiger partial charge in [-0.25, -0.2) is 0 Å². The second-order valence-corrected chi connectivity index (χ2v) is 4.09. The first-order valence-corrected chi connectivity index (χ1v) is 5.63. The van der Waals surface area contributed by atoms with Crippen LogP contribution < -0.4 is 7.80 Å². The summed E-state index contributed by atoms with van der Waals surface area (Å²) < 4.78 is 10.4. The first kappa shape index (κ1) is 12.6. The van der Waals surface area contributed by atoms with Gasteiger partial charge in [0.15, 0.2) is 34.5 Å². The highest BCUT2D eigenvalue weighted by molar-refractivity contribution is 14.1. The molecule has 0 aromatic heterocycles. The topological polar surface area (TPSA) is 38.7 Å². The van der Waals surface area contributed by atoms with Gasteiger partial charge >= 0.3 is 0 Å². The zero-order valence-corrected chi connectivity index (χ0v) is 11.2. The fraction of sp³-hybridized carbons (Fsp3) is 0.455. The van der Waals surface area contributed by atoms with Gasteiger partial charge in [0.05, 0.1) is 13.2 Å². The second kappa shape index (κ2) is 5.55. The highest BCUT2D eigenvalue weighted by Gasteiger charge is 2.19. The highest BCUT2D eigenvalue weighted by atomic mass is 127. The third-order valence-electron chi connectivity index (χ3n) is 2.25. The van der Waals surface area contributed by atoms with Crippen LogP contribution in [0.4, 0.5) is 0 Å². The van der Waals surface area contributed by atoms with Gasteiger partial charge in [0, 0.05) is 5.56 Å². The number of halogens is 1. The summed E-state index contributed by atoms with van der Waals surface area (Å²) in [6.07, 6.45) is -0.536. The number of aliphatic hydroxyl groups excluding tert-OH is 1. The van der Waals surface area contributed by atoms with Gasteiger partial charge in [-0.1, -0.05) is 26.0 Å². The Labute approximate surface area is 104 Å². The molecule has 84 valence electrons. The van der Waals surface area contributed by atoms with Crippen LogP contribution in [0.15, 0.2) is 18.2 Å². The van der Waals surface area contributed by atoms with Crippen LogP contribution in [0.2, 0.25) is 0 Å². The number of hydrogen-bond donors (Lipinski definition) is 1. The van der Waals surface area contributed by atoms with E-state index in [4.69, 9.17) is 7.80 Å². The van der Waals surface area contributed by atoms with E-state index in [1.165, 1.54) is 0 Å². The van der Waals surface area contributed by atoms with E-state index in [0.717, 1.165) is 5.56 Å². The predicted octanol–water partition coefficient (Wildman–Crippen LogP) is 3.11. The molecular weight excluding hydrogens is 307 g/mol. The molecule has 0 spiro atoms. The largest absolute Gasteiger partial charge is 0.492 e. The Balaban J connectivity index is 3.16. The molecule has 0 aliphatic carbocycles. The number of hydrogen-bond acceptors (Lipinski definition) is 3. The van der Waals surface area contributed by atoms with Gasteiger partial charge in [-0.2, -0.15) is 0 Å². The van der Waals surface area contributed by atoms with E-state index < -0.39 is 6.10 Å². The Bertz CT molecular complexity index is 326. The van der Waals surface area contributed by atoms with Gasteiger partial charge in [-0.05, 0) is 12.0 Å². The van der Waals surface area contributed by atoms with Crippen molar-refractivity contribution in [1.29, 1.82) is 0 Å². The minimum Gasteiger partial charge on any atom is -0.492 e. The van der Waals surface area contributed by atoms with Gasteiger partial charge in [0.2, 0.25) is 0 Å². The van der Waals surface area contributed by atoms with Crippen molar-refractivity contribution in [3.8, 4) is 11.5 Å². The molecule has 0 heterocycles. The summed E-state index contributed by atoms with van der Waals surface area (Å²) in [7, 11) is 1.57. The molecule has 0 amide bonds. The molecular formula is C11H15IO3. The quantitative estimate of drug-likeness (QED) is 0.866. The van der Waals surface area contributed by atoms with Crippen molar-refractivity contribution in [3.63, 3.8) is 0 Å². The molecule has 0 aliphatic rings. The summed E-state index contributed by atoms with van der Waals surface area (Å²) in [6.45, 7) is 3.92. The molecule has 1 rings (SSSR count). The summed E-state index contributed by atoms with van der Waals surface area (Å²) in [5.41, 5.74) is 0.765. The van der Waals surface area contributed by atoms with Crippen molar-refractivity contribution in [3.05, 3.63) is 23.8 Å². The molecule has 1 aromatic rings. The van der Waals surface area contributed by atoms with Crippen LogP contribution in [-0.2, 0) is 0 Å². The molecule has 0 aliphatic heterocycles. The minimum absolute atomic E-state index is 0.142. The zero-order valence-electron chi connectivity index (χ0n) is 9.03. The fourth-order valence-corrected chi connectivity index (χ4v) is 1.75. The van der Waals surface area contributed by atoms with Gasteiger partial charge < -0.3 is 12.9 Å². The SMILES string of the molecule is COc1c(OI)cccc1C(O)C(C)C. The lowest BCUT2D eigenvalue weighted by atomic mass is 9.98. The lowest BCUT2D eigenvalue weighted by molar-refractivity contribution is 0.123. The third kappa shape index (κ3) is 2.75. The monoisotopic (exact) mass is 322 g/mol. The molecule has 15 heavy (non-hydrogen) atoms. The molecule has 0 saturated heterocycles. The fourth-order valence-electron chi connectivity index (χ4n) is 1.40. The lowest BCUT2D eigenvalue weighted by Crippen LogP contribution is -2.07. The maximum atomic E-state index is 9.99. The van der Waals surface area contributed by atoms with E-state index in [9.17, 15) is 5.11 Å². The highest BCUT2D eigenvalue weighted by Crippen LogP contribution is 2.37. The number of methoxy groups -OCH3 is 1. The molecule has 0 radical (unpaired) electrons. The van der Waals surface area contributed by atoms with Gasteiger partial charge in [0.25, 0.3) is 0 Å². The van der Waals surface area contributed by atoms with E-state index in [0.29, 0.717) is 11.5 Å². The molecule has 0 saturated carbocycles. The van der Waals surface area contributed by atoms with Crippen LogP contribution in [-0.4, -0.2) is 12.2 Å². The van der Waals surface area contributed by atoms with E-state index in [1.807, 2.05) is 32.0 Å². The predicted molar refractivity (Wildman–Crippen MR) is 67.4 cm³/mol. The van der Waals surface area contributed by atoms with Crippen molar-refractivity contribution < 1.29 is 12.9 Å². The Morgan fingerprint density at radius 1 is 1.33 bits per heavy atom. The van der Waals surface area contributed by atoms with E-state index in [1.54, 1.807) is 30.1 Å². The molecule has 1 aromatic carbocycles.